The molecule has 0 aromatic heterocycles. The molecule has 28 heavy (non-hydrogen) atoms. The van der Waals surface area contributed by atoms with Crippen LogP contribution >= 0.6 is 0 Å². The smallest absolute Gasteiger partial charge is 0.236 e. The lowest BCUT2D eigenvalue weighted by Gasteiger charge is -2.38. The molecule has 2 unspecified atom stereocenters. The number of nitrogens with zero attached hydrogens (tertiary/aromatic N) is 3. The average Bonchev–Trinajstić information content (AvgIpc) is 2.68. The van der Waals surface area contributed by atoms with Crippen molar-refractivity contribution < 1.29 is 14.3 Å². The van der Waals surface area contributed by atoms with Gasteiger partial charge >= 0.3 is 0 Å². The Morgan fingerprint density at radius 1 is 0.929 bits per heavy atom. The van der Waals surface area contributed by atoms with Crippen molar-refractivity contribution in [1.82, 2.24) is 14.7 Å². The molecular weight excluding hydrogens is 354 g/mol. The Labute approximate surface area is 169 Å². The fourth-order valence-electron chi connectivity index (χ4n) is 4.48. The monoisotopic (exact) mass is 389 g/mol. The molecule has 2 aliphatic rings. The minimum atomic E-state index is 0.296. The van der Waals surface area contributed by atoms with E-state index in [9.17, 15) is 4.79 Å². The first-order valence-electron chi connectivity index (χ1n) is 10.4. The molecule has 1 amide bonds. The first-order chi connectivity index (χ1) is 13.5. The molecule has 6 nitrogen and oxygen atoms in total. The van der Waals surface area contributed by atoms with Crippen molar-refractivity contribution in [1.29, 1.82) is 0 Å². The van der Waals surface area contributed by atoms with Crippen molar-refractivity contribution in [2.45, 2.75) is 26.8 Å². The van der Waals surface area contributed by atoms with Crippen molar-refractivity contribution in [2.24, 2.45) is 11.8 Å². The molecule has 0 radical (unpaired) electrons. The molecule has 0 saturated carbocycles. The third kappa shape index (κ3) is 5.61. The summed E-state index contributed by atoms with van der Waals surface area (Å²) in [6.45, 7) is 11.6. The highest BCUT2D eigenvalue weighted by molar-refractivity contribution is 5.78. The van der Waals surface area contributed by atoms with Crippen LogP contribution in [0, 0.1) is 11.8 Å². The van der Waals surface area contributed by atoms with Gasteiger partial charge in [-0.2, -0.15) is 0 Å². The predicted octanol–water partition coefficient (Wildman–Crippen LogP) is 2.33. The Kier molecular flexibility index (Phi) is 7.18. The summed E-state index contributed by atoms with van der Waals surface area (Å²) in [7, 11) is 3.36. The Morgan fingerprint density at radius 3 is 2.00 bits per heavy atom. The van der Waals surface area contributed by atoms with Crippen LogP contribution in [0.1, 0.15) is 25.8 Å². The number of likely N-dealkylation sites (tertiary alicyclic amines) is 1. The van der Waals surface area contributed by atoms with E-state index in [4.69, 9.17) is 9.47 Å². The molecule has 0 aliphatic carbocycles. The van der Waals surface area contributed by atoms with Crippen LogP contribution in [0.25, 0.3) is 0 Å². The van der Waals surface area contributed by atoms with Crippen LogP contribution in [0.15, 0.2) is 18.2 Å². The maximum absolute atomic E-state index is 12.7. The van der Waals surface area contributed by atoms with Gasteiger partial charge in [0.2, 0.25) is 5.91 Å². The van der Waals surface area contributed by atoms with Crippen molar-refractivity contribution in [3.05, 3.63) is 23.8 Å². The van der Waals surface area contributed by atoms with Gasteiger partial charge in [-0.1, -0.05) is 13.8 Å². The van der Waals surface area contributed by atoms with E-state index in [-0.39, 0.29) is 0 Å². The van der Waals surface area contributed by atoms with E-state index in [2.05, 4.69) is 40.7 Å². The number of piperidine rings is 1. The van der Waals surface area contributed by atoms with Gasteiger partial charge in [0.1, 0.15) is 11.5 Å². The number of carbonyl (C=O) groups is 1. The Bertz CT molecular complexity index is 626. The third-order valence-corrected chi connectivity index (χ3v) is 5.86. The maximum atomic E-state index is 12.7. The van der Waals surface area contributed by atoms with Gasteiger partial charge < -0.3 is 14.4 Å². The topological polar surface area (TPSA) is 45.2 Å². The number of rotatable bonds is 6. The summed E-state index contributed by atoms with van der Waals surface area (Å²) in [5.74, 6) is 3.17. The molecule has 2 aliphatic heterocycles. The lowest BCUT2D eigenvalue weighted by molar-refractivity contribution is -0.135. The second kappa shape index (κ2) is 9.61. The van der Waals surface area contributed by atoms with E-state index in [1.165, 1.54) is 12.0 Å². The molecule has 2 heterocycles. The molecular formula is C22H35N3O3. The molecule has 1 aromatic rings. The number of hydrogen-bond donors (Lipinski definition) is 0. The number of hydrogen-bond acceptors (Lipinski definition) is 5. The Hall–Kier alpha value is -1.79. The van der Waals surface area contributed by atoms with E-state index < -0.39 is 0 Å². The van der Waals surface area contributed by atoms with Gasteiger partial charge in [0.15, 0.2) is 0 Å². The first-order valence-corrected chi connectivity index (χ1v) is 10.4. The standard InChI is InChI=1S/C22H35N3O3/c1-17-9-18(2)14-25(13-17)22(26)16-24-7-5-23(6-8-24)15-19-10-20(27-3)12-21(11-19)28-4/h10-12,17-18H,5-9,13-16H2,1-4H3. The highest BCUT2D eigenvalue weighted by Crippen LogP contribution is 2.24. The quantitative estimate of drug-likeness (QED) is 0.747. The number of methoxy groups -OCH3 is 2. The Morgan fingerprint density at radius 2 is 1.46 bits per heavy atom. The van der Waals surface area contributed by atoms with Crippen molar-refractivity contribution in [3.63, 3.8) is 0 Å². The fourth-order valence-corrected chi connectivity index (χ4v) is 4.48. The molecule has 0 N–H and O–H groups in total. The minimum Gasteiger partial charge on any atom is -0.497 e. The SMILES string of the molecule is COc1cc(CN2CCN(CC(=O)N3CC(C)CC(C)C3)CC2)cc(OC)c1. The second-order valence-electron chi connectivity index (χ2n) is 8.52. The van der Waals surface area contributed by atoms with E-state index in [0.717, 1.165) is 57.3 Å². The number of piperazine rings is 1. The second-order valence-corrected chi connectivity index (χ2v) is 8.52. The molecule has 2 saturated heterocycles. The maximum Gasteiger partial charge on any atom is 0.236 e. The predicted molar refractivity (Wildman–Crippen MR) is 111 cm³/mol. The van der Waals surface area contributed by atoms with Gasteiger partial charge in [-0.15, -0.1) is 0 Å². The number of benzene rings is 1. The summed E-state index contributed by atoms with van der Waals surface area (Å²) in [5, 5.41) is 0. The minimum absolute atomic E-state index is 0.296. The van der Waals surface area contributed by atoms with Crippen LogP contribution in [0.5, 0.6) is 11.5 Å². The van der Waals surface area contributed by atoms with Gasteiger partial charge in [0.25, 0.3) is 0 Å². The van der Waals surface area contributed by atoms with Gasteiger partial charge in [-0.05, 0) is 36.0 Å². The van der Waals surface area contributed by atoms with Crippen LogP contribution in [0.2, 0.25) is 0 Å². The average molecular weight is 390 g/mol. The number of carbonyl (C=O) groups excluding carboxylic acids is 1. The van der Waals surface area contributed by atoms with Crippen molar-refractivity contribution in [3.8, 4) is 11.5 Å². The van der Waals surface area contributed by atoms with E-state index in [1.54, 1.807) is 14.2 Å². The van der Waals surface area contributed by atoms with Crippen LogP contribution in [0.4, 0.5) is 0 Å². The molecule has 2 fully saturated rings. The van der Waals surface area contributed by atoms with Gasteiger partial charge in [0, 0.05) is 51.9 Å². The zero-order chi connectivity index (χ0) is 20.1. The van der Waals surface area contributed by atoms with E-state index in [0.29, 0.717) is 24.3 Å². The largest absolute Gasteiger partial charge is 0.497 e. The summed E-state index contributed by atoms with van der Waals surface area (Å²) in [4.78, 5) is 19.5. The summed E-state index contributed by atoms with van der Waals surface area (Å²) in [6, 6.07) is 6.03. The molecule has 3 rings (SSSR count). The summed E-state index contributed by atoms with van der Waals surface area (Å²) in [5.41, 5.74) is 1.19. The van der Waals surface area contributed by atoms with Gasteiger partial charge in [0.05, 0.1) is 20.8 Å². The summed E-state index contributed by atoms with van der Waals surface area (Å²) < 4.78 is 10.7. The molecule has 0 bridgehead atoms. The molecule has 0 spiro atoms. The number of ether oxygens (including phenoxy) is 2. The first kappa shape index (κ1) is 20.9. The zero-order valence-electron chi connectivity index (χ0n) is 17.8. The summed E-state index contributed by atoms with van der Waals surface area (Å²) >= 11 is 0. The number of amides is 1. The van der Waals surface area contributed by atoms with Crippen molar-refractivity contribution >= 4 is 5.91 Å². The van der Waals surface area contributed by atoms with Crippen LogP contribution in [-0.2, 0) is 11.3 Å². The third-order valence-electron chi connectivity index (χ3n) is 5.86. The fraction of sp³-hybridized carbons (Fsp3) is 0.682. The lowest BCUT2D eigenvalue weighted by atomic mass is 9.92. The molecule has 1 aromatic carbocycles. The molecule has 156 valence electrons. The molecule has 6 heteroatoms. The Balaban J connectivity index is 1.47. The van der Waals surface area contributed by atoms with Gasteiger partial charge in [-0.3, -0.25) is 14.6 Å². The van der Waals surface area contributed by atoms with Crippen LogP contribution in [0.3, 0.4) is 0 Å². The van der Waals surface area contributed by atoms with Gasteiger partial charge in [-0.25, -0.2) is 0 Å². The normalized spacial score (nSPS) is 24.2. The summed E-state index contributed by atoms with van der Waals surface area (Å²) in [6.07, 6.45) is 1.23. The highest BCUT2D eigenvalue weighted by Gasteiger charge is 2.27. The van der Waals surface area contributed by atoms with E-state index >= 15 is 0 Å². The molecule has 2 atom stereocenters. The zero-order valence-corrected chi connectivity index (χ0v) is 17.8. The van der Waals surface area contributed by atoms with Crippen LogP contribution in [-0.4, -0.2) is 80.6 Å². The lowest BCUT2D eigenvalue weighted by Crippen LogP contribution is -2.51. The highest BCUT2D eigenvalue weighted by atomic mass is 16.5. The van der Waals surface area contributed by atoms with Crippen LogP contribution < -0.4 is 9.47 Å². The van der Waals surface area contributed by atoms with E-state index in [1.807, 2.05) is 6.07 Å². The van der Waals surface area contributed by atoms with Crippen molar-refractivity contribution in [2.75, 3.05) is 60.0 Å².